The fourth-order valence-corrected chi connectivity index (χ4v) is 9.47. The molecule has 64 heavy (non-hydrogen) atoms. The molecule has 7 atom stereocenters. The van der Waals surface area contributed by atoms with E-state index < -0.39 is 89.9 Å². The van der Waals surface area contributed by atoms with Crippen LogP contribution >= 0.6 is 35.1 Å². The molecule has 0 bridgehead atoms. The smallest absolute Gasteiger partial charge is 0.246 e. The van der Waals surface area contributed by atoms with Crippen LogP contribution in [0, 0.1) is 5.92 Å². The number of halogens is 1. The lowest BCUT2D eigenvalue weighted by atomic mass is 10.00. The molecule has 19 nitrogen and oxygen atoms in total. The van der Waals surface area contributed by atoms with Gasteiger partial charge in [0.1, 0.15) is 36.3 Å². The molecule has 0 aromatic heterocycles. The average Bonchev–Trinajstić information content (AvgIpc) is 3.95. The number of nitrogens with zero attached hydrogens (tertiary/aromatic N) is 2. The van der Waals surface area contributed by atoms with E-state index in [1.807, 2.05) is 11.5 Å². The third-order valence-corrected chi connectivity index (χ3v) is 13.3. The van der Waals surface area contributed by atoms with Crippen molar-refractivity contribution in [1.82, 2.24) is 36.8 Å². The van der Waals surface area contributed by atoms with E-state index in [1.54, 1.807) is 38.1 Å². The van der Waals surface area contributed by atoms with Crippen LogP contribution in [0.3, 0.4) is 0 Å². The Kier molecular flexibility index (Phi) is 21.0. The standard InChI is InChI=1S/C42H62ClN11O8S2/c1-24(2)35-40(61)51-30(22-33(44)55)37(58)52-31(41(62)54-17-5-9-32(54)39(60)47-15-3-4-16-48-42(45)46)23-63-18-7-10-34(56)49-28(20-25-11-13-26(43)14-12-25)36(57)50-29(38(59)53-35)21-27-8-6-19-64-27/h6,11-14,19,24,27-32,35H,3-5,7-10,15-18,20-23H2,1-2H3,(H2,44,55)(H,47,60)(H,49,56)(H,50,57)(H,51,61)(H,52,58)(H,53,59)(H4,45,46,48)/t27?,28-,29-,30-,31-,32-,35-/m0/s1. The first-order chi connectivity index (χ1) is 30.5. The fourth-order valence-electron chi connectivity index (χ4n) is 7.40. The van der Waals surface area contributed by atoms with Crippen LogP contribution in [-0.2, 0) is 44.8 Å². The molecule has 3 aliphatic heterocycles. The number of allylic oxidation sites excluding steroid dienone is 1. The van der Waals surface area contributed by atoms with E-state index >= 15 is 0 Å². The zero-order chi connectivity index (χ0) is 46.8. The molecule has 8 amide bonds. The molecule has 2 saturated heterocycles. The second-order valence-electron chi connectivity index (χ2n) is 16.3. The molecule has 22 heteroatoms. The highest BCUT2D eigenvalue weighted by atomic mass is 35.5. The van der Waals surface area contributed by atoms with Crippen LogP contribution in [0.5, 0.6) is 0 Å². The van der Waals surface area contributed by atoms with Crippen LogP contribution in [0.1, 0.15) is 77.2 Å². The van der Waals surface area contributed by atoms with E-state index in [2.05, 4.69) is 36.9 Å². The van der Waals surface area contributed by atoms with E-state index in [4.69, 9.17) is 28.8 Å². The van der Waals surface area contributed by atoms with Crippen molar-refractivity contribution < 1.29 is 38.4 Å². The highest BCUT2D eigenvalue weighted by Gasteiger charge is 2.39. The number of hydrogen-bond donors (Lipinski definition) is 9. The van der Waals surface area contributed by atoms with Crippen molar-refractivity contribution >= 4 is 88.3 Å². The summed E-state index contributed by atoms with van der Waals surface area (Å²) in [6.45, 7) is 4.33. The van der Waals surface area contributed by atoms with Gasteiger partial charge >= 0.3 is 0 Å². The number of carbonyl (C=O) groups is 8. The van der Waals surface area contributed by atoms with Gasteiger partial charge in [0.15, 0.2) is 5.96 Å². The van der Waals surface area contributed by atoms with Crippen molar-refractivity contribution in [2.75, 3.05) is 31.1 Å². The Morgan fingerprint density at radius 3 is 2.27 bits per heavy atom. The number of primary amides is 1. The van der Waals surface area contributed by atoms with Gasteiger partial charge in [-0.2, -0.15) is 11.8 Å². The zero-order valence-corrected chi connectivity index (χ0v) is 38.7. The Morgan fingerprint density at radius 2 is 1.59 bits per heavy atom. The van der Waals surface area contributed by atoms with Gasteiger partial charge in [-0.25, -0.2) is 0 Å². The molecule has 1 aromatic carbocycles. The molecular weight excluding hydrogens is 886 g/mol. The molecule has 2 fully saturated rings. The molecule has 1 aromatic rings. The van der Waals surface area contributed by atoms with Crippen molar-refractivity contribution in [1.29, 1.82) is 0 Å². The van der Waals surface area contributed by atoms with Gasteiger partial charge in [-0.1, -0.05) is 43.7 Å². The summed E-state index contributed by atoms with van der Waals surface area (Å²) in [6.07, 6.45) is 4.75. The lowest BCUT2D eigenvalue weighted by Gasteiger charge is -2.31. The highest BCUT2D eigenvalue weighted by molar-refractivity contribution is 8.03. The predicted molar refractivity (Wildman–Crippen MR) is 247 cm³/mol. The number of nitrogens with two attached hydrogens (primary N) is 3. The number of thioether (sulfide) groups is 2. The number of aliphatic imine (C=N–C) groups is 1. The maximum Gasteiger partial charge on any atom is 0.246 e. The average molecular weight is 949 g/mol. The summed E-state index contributed by atoms with van der Waals surface area (Å²) >= 11 is 8.90. The van der Waals surface area contributed by atoms with Gasteiger partial charge in [0, 0.05) is 48.5 Å². The predicted octanol–water partition coefficient (Wildman–Crippen LogP) is -0.0650. The van der Waals surface area contributed by atoms with Crippen LogP contribution in [0.25, 0.3) is 0 Å². The summed E-state index contributed by atoms with van der Waals surface area (Å²) in [6, 6.07) is -0.196. The molecule has 0 aliphatic carbocycles. The SMILES string of the molecule is CC(C)[C@@H]1NC(=O)[C@H](CC2CC=CS2)NC(=O)[C@H](Cc2ccc(Cl)cc2)NC(=O)CCCSC[C@@H](C(=O)N2CCC[C@H]2C(=O)NCCCCN=C(N)N)NC(=O)[C@H](CC(N)=O)NC1=O. The van der Waals surface area contributed by atoms with Gasteiger partial charge < -0.3 is 54.0 Å². The summed E-state index contributed by atoms with van der Waals surface area (Å²) in [4.78, 5) is 115. The van der Waals surface area contributed by atoms with Gasteiger partial charge in [-0.05, 0) is 79.7 Å². The van der Waals surface area contributed by atoms with Gasteiger partial charge in [0.25, 0.3) is 0 Å². The van der Waals surface area contributed by atoms with Gasteiger partial charge in [0.05, 0.1) is 6.42 Å². The zero-order valence-electron chi connectivity index (χ0n) is 36.3. The molecule has 3 heterocycles. The van der Waals surface area contributed by atoms with E-state index in [-0.39, 0.29) is 48.7 Å². The normalized spacial score (nSPS) is 25.3. The first-order valence-electron chi connectivity index (χ1n) is 21.6. The van der Waals surface area contributed by atoms with Crippen LogP contribution in [0.15, 0.2) is 40.7 Å². The minimum absolute atomic E-state index is 0.0137. The number of rotatable bonds is 14. The second-order valence-corrected chi connectivity index (χ2v) is 19.1. The molecule has 1 unspecified atom stereocenters. The van der Waals surface area contributed by atoms with E-state index in [0.717, 1.165) is 0 Å². The number of nitrogens with one attached hydrogen (secondary N) is 6. The number of unbranched alkanes of at least 4 members (excludes halogenated alkanes) is 1. The molecular formula is C42H62ClN11O8S2. The molecule has 3 aliphatic rings. The van der Waals surface area contributed by atoms with Crippen molar-refractivity contribution in [3.63, 3.8) is 0 Å². The second kappa shape index (κ2) is 26.1. The highest BCUT2D eigenvalue weighted by Crippen LogP contribution is 2.28. The Bertz CT molecular complexity index is 1880. The number of hydrogen-bond acceptors (Lipinski definition) is 11. The van der Waals surface area contributed by atoms with Crippen LogP contribution in [0.4, 0.5) is 0 Å². The topological polar surface area (TPSA) is 302 Å². The van der Waals surface area contributed by atoms with Gasteiger partial charge in [-0.15, -0.1) is 11.8 Å². The lowest BCUT2D eigenvalue weighted by molar-refractivity contribution is -0.141. The number of likely N-dealkylation sites (tertiary alicyclic amines) is 1. The summed E-state index contributed by atoms with van der Waals surface area (Å²) in [5.41, 5.74) is 17.0. The first kappa shape index (κ1) is 51.6. The van der Waals surface area contributed by atoms with E-state index in [0.29, 0.717) is 68.0 Å². The Labute approximate surface area is 387 Å². The van der Waals surface area contributed by atoms with Crippen molar-refractivity contribution in [2.24, 2.45) is 28.1 Å². The van der Waals surface area contributed by atoms with Crippen LogP contribution < -0.4 is 49.1 Å². The molecule has 0 saturated carbocycles. The van der Waals surface area contributed by atoms with Crippen LogP contribution in [-0.4, -0.2) is 131 Å². The number of amides is 8. The van der Waals surface area contributed by atoms with Crippen LogP contribution in [0.2, 0.25) is 5.02 Å². The molecule has 4 rings (SSSR count). The van der Waals surface area contributed by atoms with Crippen molar-refractivity contribution in [3.8, 4) is 0 Å². The monoisotopic (exact) mass is 947 g/mol. The molecule has 12 N–H and O–H groups in total. The molecule has 352 valence electrons. The largest absolute Gasteiger partial charge is 0.370 e. The minimum atomic E-state index is -1.54. The fraction of sp³-hybridized carbons (Fsp3) is 0.595. The van der Waals surface area contributed by atoms with E-state index in [9.17, 15) is 38.4 Å². The molecule has 0 spiro atoms. The number of benzene rings is 1. The van der Waals surface area contributed by atoms with E-state index in [1.165, 1.54) is 28.4 Å². The Morgan fingerprint density at radius 1 is 0.891 bits per heavy atom. The summed E-state index contributed by atoms with van der Waals surface area (Å²) in [7, 11) is 0. The minimum Gasteiger partial charge on any atom is -0.370 e. The number of guanidine groups is 1. The third kappa shape index (κ3) is 16.8. The van der Waals surface area contributed by atoms with Crippen molar-refractivity contribution in [3.05, 3.63) is 46.3 Å². The maximum atomic E-state index is 14.3. The third-order valence-electron chi connectivity index (χ3n) is 10.8. The first-order valence-corrected chi connectivity index (χ1v) is 24.0. The molecule has 0 radical (unpaired) electrons. The lowest BCUT2D eigenvalue weighted by Crippen LogP contribution is -2.61. The quantitative estimate of drug-likeness (QED) is 0.0674. The Balaban J connectivity index is 1.61. The summed E-state index contributed by atoms with van der Waals surface area (Å²) in [5, 5.41) is 18.9. The van der Waals surface area contributed by atoms with Gasteiger partial charge in [-0.3, -0.25) is 43.3 Å². The Hall–Kier alpha value is -5.02. The van der Waals surface area contributed by atoms with Gasteiger partial charge in [0.2, 0.25) is 47.3 Å². The summed E-state index contributed by atoms with van der Waals surface area (Å²) in [5.74, 6) is -5.38. The maximum absolute atomic E-state index is 14.3. The summed E-state index contributed by atoms with van der Waals surface area (Å²) < 4.78 is 0. The van der Waals surface area contributed by atoms with Crippen molar-refractivity contribution in [2.45, 2.75) is 120 Å². The number of carbonyl (C=O) groups excluding carboxylic acids is 8.